The summed E-state index contributed by atoms with van der Waals surface area (Å²) in [5.74, 6) is 0. The van der Waals surface area contributed by atoms with Gasteiger partial charge in [0.1, 0.15) is 0 Å². The molecule has 0 aliphatic heterocycles. The fourth-order valence-electron chi connectivity index (χ4n) is 2.46. The second kappa shape index (κ2) is 4.26. The van der Waals surface area contributed by atoms with E-state index in [1.165, 1.54) is 29.8 Å². The first-order valence-corrected chi connectivity index (χ1v) is 7.13. The Morgan fingerprint density at radius 1 is 1.24 bits per heavy atom. The van der Waals surface area contributed by atoms with Gasteiger partial charge >= 0.3 is 0 Å². The van der Waals surface area contributed by atoms with Crippen LogP contribution in [0.2, 0.25) is 0 Å². The Bertz CT molecular complexity index is 497. The predicted octanol–water partition coefficient (Wildman–Crippen LogP) is 4.54. The van der Waals surface area contributed by atoms with Crippen molar-refractivity contribution in [3.63, 3.8) is 0 Å². The van der Waals surface area contributed by atoms with Crippen LogP contribution in [0.4, 0.5) is 0 Å². The summed E-state index contributed by atoms with van der Waals surface area (Å²) in [5.41, 5.74) is 2.90. The highest BCUT2D eigenvalue weighted by Crippen LogP contribution is 2.43. The number of aromatic nitrogens is 1. The third-order valence-corrected chi connectivity index (χ3v) is 4.61. The molecule has 0 atom stereocenters. The molecule has 0 radical (unpaired) electrons. The van der Waals surface area contributed by atoms with Gasteiger partial charge in [-0.2, -0.15) is 0 Å². The van der Waals surface area contributed by atoms with Crippen molar-refractivity contribution in [3.8, 4) is 11.3 Å². The third-order valence-electron chi connectivity index (χ3n) is 3.76. The Hall–Kier alpha value is -1.15. The first-order valence-electron chi connectivity index (χ1n) is 6.25. The molecule has 0 saturated heterocycles. The van der Waals surface area contributed by atoms with Crippen LogP contribution < -0.4 is 0 Å². The number of rotatable bonds is 3. The molecule has 2 heteroatoms. The van der Waals surface area contributed by atoms with E-state index in [0.29, 0.717) is 5.41 Å². The third kappa shape index (κ3) is 2.27. The van der Waals surface area contributed by atoms with Crippen LogP contribution in [0.25, 0.3) is 11.3 Å². The lowest BCUT2D eigenvalue weighted by atomic mass is 9.68. The van der Waals surface area contributed by atoms with E-state index in [9.17, 15) is 0 Å². The lowest BCUT2D eigenvalue weighted by Crippen LogP contribution is -2.27. The maximum absolute atomic E-state index is 4.77. The van der Waals surface area contributed by atoms with Gasteiger partial charge in [0.2, 0.25) is 0 Å². The molecule has 17 heavy (non-hydrogen) atoms. The summed E-state index contributed by atoms with van der Waals surface area (Å²) in [7, 11) is 0. The molecule has 1 aliphatic rings. The predicted molar refractivity (Wildman–Crippen MR) is 73.2 cm³/mol. The lowest BCUT2D eigenvalue weighted by Gasteiger charge is -2.37. The summed E-state index contributed by atoms with van der Waals surface area (Å²) in [6, 6.07) is 10.4. The molecule has 88 valence electrons. The van der Waals surface area contributed by atoms with Crippen molar-refractivity contribution in [2.45, 2.75) is 32.6 Å². The van der Waals surface area contributed by atoms with Gasteiger partial charge in [0.15, 0.2) is 0 Å². The Kier molecular flexibility index (Phi) is 2.75. The molecule has 0 N–H and O–H groups in total. The number of benzene rings is 1. The van der Waals surface area contributed by atoms with Gasteiger partial charge in [-0.1, -0.05) is 43.7 Å². The van der Waals surface area contributed by atoms with Gasteiger partial charge in [0.05, 0.1) is 10.7 Å². The molecule has 1 nitrogen and oxygen atoms in total. The van der Waals surface area contributed by atoms with Gasteiger partial charge in [-0.3, -0.25) is 0 Å². The topological polar surface area (TPSA) is 12.9 Å². The van der Waals surface area contributed by atoms with E-state index in [4.69, 9.17) is 4.98 Å². The van der Waals surface area contributed by atoms with Crippen molar-refractivity contribution in [1.29, 1.82) is 0 Å². The molecule has 2 aromatic rings. The zero-order valence-corrected chi connectivity index (χ0v) is 11.0. The van der Waals surface area contributed by atoms with E-state index in [1.54, 1.807) is 0 Å². The minimum absolute atomic E-state index is 0.534. The maximum atomic E-state index is 4.77. The molecule has 1 fully saturated rings. The Morgan fingerprint density at radius 3 is 2.65 bits per heavy atom. The van der Waals surface area contributed by atoms with Gasteiger partial charge in [0, 0.05) is 17.4 Å². The van der Waals surface area contributed by atoms with E-state index in [1.807, 2.05) is 17.4 Å². The summed E-state index contributed by atoms with van der Waals surface area (Å²) in [6.07, 6.45) is 5.29. The van der Waals surface area contributed by atoms with Crippen molar-refractivity contribution < 1.29 is 0 Å². The van der Waals surface area contributed by atoms with E-state index < -0.39 is 0 Å². The van der Waals surface area contributed by atoms with Gasteiger partial charge in [-0.05, 0) is 18.3 Å². The van der Waals surface area contributed by atoms with Crippen LogP contribution in [0.15, 0.2) is 35.7 Å². The highest BCUT2D eigenvalue weighted by Gasteiger charge is 2.32. The summed E-state index contributed by atoms with van der Waals surface area (Å²) in [4.78, 5) is 4.77. The minimum atomic E-state index is 0.534. The average Bonchev–Trinajstić information content (AvgIpc) is 2.77. The van der Waals surface area contributed by atoms with Gasteiger partial charge in [0.25, 0.3) is 0 Å². The van der Waals surface area contributed by atoms with E-state index in [0.717, 1.165) is 12.1 Å². The second-order valence-electron chi connectivity index (χ2n) is 5.33. The summed E-state index contributed by atoms with van der Waals surface area (Å²) in [5, 5.41) is 3.48. The highest BCUT2D eigenvalue weighted by molar-refractivity contribution is 7.09. The molecule has 1 aromatic heterocycles. The van der Waals surface area contributed by atoms with Crippen molar-refractivity contribution in [2.24, 2.45) is 5.41 Å². The van der Waals surface area contributed by atoms with Gasteiger partial charge < -0.3 is 0 Å². The van der Waals surface area contributed by atoms with E-state index in [2.05, 4.69) is 36.6 Å². The molecular weight excluding hydrogens is 226 g/mol. The van der Waals surface area contributed by atoms with Crippen molar-refractivity contribution in [1.82, 2.24) is 4.98 Å². The van der Waals surface area contributed by atoms with Crippen LogP contribution in [0.5, 0.6) is 0 Å². The average molecular weight is 243 g/mol. The molecule has 0 spiro atoms. The molecule has 1 aliphatic carbocycles. The lowest BCUT2D eigenvalue weighted by molar-refractivity contribution is 0.161. The quantitative estimate of drug-likeness (QED) is 0.771. The Morgan fingerprint density at radius 2 is 2.00 bits per heavy atom. The van der Waals surface area contributed by atoms with Crippen molar-refractivity contribution in [3.05, 3.63) is 40.7 Å². The normalized spacial score (nSPS) is 17.7. The fraction of sp³-hybridized carbons (Fsp3) is 0.400. The van der Waals surface area contributed by atoms with Crippen LogP contribution >= 0.6 is 11.3 Å². The summed E-state index contributed by atoms with van der Waals surface area (Å²) in [6.45, 7) is 2.39. The molecule has 1 saturated carbocycles. The van der Waals surface area contributed by atoms with Crippen LogP contribution in [-0.2, 0) is 6.42 Å². The standard InChI is InChI=1S/C15H17NS/c1-15(8-5-9-15)10-14-16-13(11-17-14)12-6-3-2-4-7-12/h2-4,6-7,11H,5,8-10H2,1H3. The Labute approximate surface area is 107 Å². The number of thiazole rings is 1. The van der Waals surface area contributed by atoms with Gasteiger partial charge in [-0.25, -0.2) is 4.98 Å². The monoisotopic (exact) mass is 243 g/mol. The van der Waals surface area contributed by atoms with Crippen LogP contribution in [0.1, 0.15) is 31.2 Å². The molecule has 1 aromatic carbocycles. The molecular formula is C15H17NS. The zero-order valence-electron chi connectivity index (χ0n) is 10.1. The Balaban J connectivity index is 1.79. The first kappa shape index (κ1) is 11.0. The SMILES string of the molecule is CC1(Cc2nc(-c3ccccc3)cs2)CCC1. The van der Waals surface area contributed by atoms with Crippen LogP contribution in [0, 0.1) is 5.41 Å². The minimum Gasteiger partial charge on any atom is -0.241 e. The molecule has 1 heterocycles. The second-order valence-corrected chi connectivity index (χ2v) is 6.28. The molecule has 0 amide bonds. The van der Waals surface area contributed by atoms with Crippen LogP contribution in [-0.4, -0.2) is 4.98 Å². The molecule has 3 rings (SSSR count). The highest BCUT2D eigenvalue weighted by atomic mass is 32.1. The van der Waals surface area contributed by atoms with Gasteiger partial charge in [-0.15, -0.1) is 11.3 Å². The van der Waals surface area contributed by atoms with Crippen molar-refractivity contribution >= 4 is 11.3 Å². The number of hydrogen-bond acceptors (Lipinski definition) is 2. The summed E-state index contributed by atoms with van der Waals surface area (Å²) < 4.78 is 0. The van der Waals surface area contributed by atoms with Crippen molar-refractivity contribution in [2.75, 3.05) is 0 Å². The zero-order chi connectivity index (χ0) is 11.7. The number of nitrogens with zero attached hydrogens (tertiary/aromatic N) is 1. The number of hydrogen-bond donors (Lipinski definition) is 0. The van der Waals surface area contributed by atoms with E-state index in [-0.39, 0.29) is 0 Å². The molecule has 0 unspecified atom stereocenters. The first-order chi connectivity index (χ1) is 8.25. The molecule has 0 bridgehead atoms. The summed E-state index contributed by atoms with van der Waals surface area (Å²) >= 11 is 1.81. The maximum Gasteiger partial charge on any atom is 0.0938 e. The van der Waals surface area contributed by atoms with E-state index >= 15 is 0 Å². The largest absolute Gasteiger partial charge is 0.241 e. The smallest absolute Gasteiger partial charge is 0.0938 e. The van der Waals surface area contributed by atoms with Crippen LogP contribution in [0.3, 0.4) is 0 Å². The fourth-order valence-corrected chi connectivity index (χ4v) is 3.48.